The summed E-state index contributed by atoms with van der Waals surface area (Å²) in [5.41, 5.74) is 2.09. The van der Waals surface area contributed by atoms with Crippen molar-refractivity contribution in [3.8, 4) is 0 Å². The largest absolute Gasteiger partial charge is 0.370 e. The summed E-state index contributed by atoms with van der Waals surface area (Å²) in [7, 11) is 0. The molecule has 0 aliphatic carbocycles. The van der Waals surface area contributed by atoms with Crippen LogP contribution < -0.4 is 10.2 Å². The van der Waals surface area contributed by atoms with E-state index in [2.05, 4.69) is 22.3 Å². The maximum absolute atomic E-state index is 10.2. The number of thioether (sulfide) groups is 1. The van der Waals surface area contributed by atoms with E-state index < -0.39 is 0 Å². The molecule has 1 aromatic rings. The zero-order chi connectivity index (χ0) is 10.5. The van der Waals surface area contributed by atoms with Crippen molar-refractivity contribution in [3.05, 3.63) is 24.3 Å². The summed E-state index contributed by atoms with van der Waals surface area (Å²) in [4.78, 5) is 12.6. The molecule has 0 aromatic heterocycles. The Labute approximate surface area is 93.8 Å². The zero-order valence-electron chi connectivity index (χ0n) is 8.48. The van der Waals surface area contributed by atoms with Gasteiger partial charge in [0.25, 0.3) is 0 Å². The minimum Gasteiger partial charge on any atom is -0.370 e. The quantitative estimate of drug-likeness (QED) is 0.792. The lowest BCUT2D eigenvalue weighted by Crippen LogP contribution is -2.32. The average molecular weight is 222 g/mol. The van der Waals surface area contributed by atoms with Crippen molar-refractivity contribution >= 4 is 29.5 Å². The third-order valence-corrected chi connectivity index (χ3v) is 3.41. The molecule has 1 aromatic carbocycles. The number of benzene rings is 1. The highest BCUT2D eigenvalue weighted by Crippen LogP contribution is 2.21. The number of nitrogens with one attached hydrogen (secondary N) is 1. The first-order chi connectivity index (χ1) is 7.40. The number of carbonyl (C=O) groups excluding carboxylic acids is 1. The predicted molar refractivity (Wildman–Crippen MR) is 65.7 cm³/mol. The van der Waals surface area contributed by atoms with Crippen LogP contribution in [-0.2, 0) is 4.79 Å². The third kappa shape index (κ3) is 2.65. The Balaban J connectivity index is 2.04. The molecule has 0 spiro atoms. The Morgan fingerprint density at radius 2 is 1.87 bits per heavy atom. The maximum Gasteiger partial charge on any atom is 0.211 e. The van der Waals surface area contributed by atoms with Gasteiger partial charge in [-0.25, -0.2) is 0 Å². The van der Waals surface area contributed by atoms with Gasteiger partial charge in [0, 0.05) is 36.0 Å². The van der Waals surface area contributed by atoms with Crippen molar-refractivity contribution in [2.75, 3.05) is 34.8 Å². The van der Waals surface area contributed by atoms with Crippen molar-refractivity contribution in [3.63, 3.8) is 0 Å². The van der Waals surface area contributed by atoms with Gasteiger partial charge in [0.1, 0.15) is 0 Å². The Kier molecular flexibility index (Phi) is 3.50. The van der Waals surface area contributed by atoms with Crippen LogP contribution in [0.1, 0.15) is 0 Å². The maximum atomic E-state index is 10.2. The van der Waals surface area contributed by atoms with Gasteiger partial charge < -0.3 is 10.2 Å². The van der Waals surface area contributed by atoms with Crippen LogP contribution in [0.5, 0.6) is 0 Å². The van der Waals surface area contributed by atoms with Gasteiger partial charge in [0.15, 0.2) is 0 Å². The van der Waals surface area contributed by atoms with Crippen LogP contribution in [0.25, 0.3) is 0 Å². The first-order valence-electron chi connectivity index (χ1n) is 5.03. The number of hydrogen-bond acceptors (Lipinski definition) is 3. The fourth-order valence-electron chi connectivity index (χ4n) is 1.66. The monoisotopic (exact) mass is 222 g/mol. The molecule has 4 heteroatoms. The average Bonchev–Trinajstić information content (AvgIpc) is 2.32. The molecule has 3 nitrogen and oxygen atoms in total. The van der Waals surface area contributed by atoms with E-state index in [0.29, 0.717) is 6.41 Å². The summed E-state index contributed by atoms with van der Waals surface area (Å²) in [5, 5.41) is 2.63. The van der Waals surface area contributed by atoms with Gasteiger partial charge in [-0.15, -0.1) is 0 Å². The van der Waals surface area contributed by atoms with E-state index in [1.807, 2.05) is 23.9 Å². The minimum absolute atomic E-state index is 0.701. The fourth-order valence-corrected chi connectivity index (χ4v) is 2.56. The lowest BCUT2D eigenvalue weighted by atomic mass is 10.2. The Bertz CT molecular complexity index is 320. The highest BCUT2D eigenvalue weighted by Gasteiger charge is 2.10. The molecule has 1 fully saturated rings. The Morgan fingerprint density at radius 1 is 1.20 bits per heavy atom. The molecule has 1 aliphatic heterocycles. The van der Waals surface area contributed by atoms with Gasteiger partial charge in [-0.2, -0.15) is 11.8 Å². The molecular weight excluding hydrogens is 208 g/mol. The van der Waals surface area contributed by atoms with Gasteiger partial charge in [-0.05, 0) is 24.3 Å². The van der Waals surface area contributed by atoms with E-state index in [0.717, 1.165) is 18.8 Å². The number of nitrogens with zero attached hydrogens (tertiary/aromatic N) is 1. The van der Waals surface area contributed by atoms with Crippen LogP contribution >= 0.6 is 11.8 Å². The molecule has 1 saturated heterocycles. The summed E-state index contributed by atoms with van der Waals surface area (Å²) >= 11 is 2.00. The van der Waals surface area contributed by atoms with Crippen LogP contribution in [0, 0.1) is 0 Å². The number of hydrogen-bond donors (Lipinski definition) is 1. The highest BCUT2D eigenvalue weighted by atomic mass is 32.2. The number of rotatable bonds is 3. The third-order valence-electron chi connectivity index (χ3n) is 2.47. The molecule has 1 amide bonds. The van der Waals surface area contributed by atoms with Gasteiger partial charge >= 0.3 is 0 Å². The zero-order valence-corrected chi connectivity index (χ0v) is 9.30. The summed E-state index contributed by atoms with van der Waals surface area (Å²) in [6.45, 7) is 2.23. The molecule has 1 heterocycles. The van der Waals surface area contributed by atoms with Gasteiger partial charge in [0.2, 0.25) is 6.41 Å². The van der Waals surface area contributed by atoms with Gasteiger partial charge in [-0.3, -0.25) is 4.79 Å². The molecule has 0 saturated carbocycles. The fraction of sp³-hybridized carbons (Fsp3) is 0.364. The second kappa shape index (κ2) is 5.07. The van der Waals surface area contributed by atoms with Crippen LogP contribution in [0.4, 0.5) is 11.4 Å². The van der Waals surface area contributed by atoms with Crippen LogP contribution in [-0.4, -0.2) is 31.0 Å². The van der Waals surface area contributed by atoms with Crippen molar-refractivity contribution in [1.82, 2.24) is 0 Å². The second-order valence-electron chi connectivity index (χ2n) is 3.41. The number of anilines is 2. The lowest BCUT2D eigenvalue weighted by Gasteiger charge is -2.28. The molecule has 0 bridgehead atoms. The summed E-state index contributed by atoms with van der Waals surface area (Å²) in [6, 6.07) is 7.99. The van der Waals surface area contributed by atoms with E-state index >= 15 is 0 Å². The molecule has 15 heavy (non-hydrogen) atoms. The first kappa shape index (κ1) is 10.4. The van der Waals surface area contributed by atoms with E-state index in [1.54, 1.807) is 0 Å². The van der Waals surface area contributed by atoms with E-state index in [-0.39, 0.29) is 0 Å². The van der Waals surface area contributed by atoms with E-state index in [9.17, 15) is 4.79 Å². The van der Waals surface area contributed by atoms with Gasteiger partial charge in [0.05, 0.1) is 0 Å². The topological polar surface area (TPSA) is 32.3 Å². The SMILES string of the molecule is O=CNc1ccc(N2CCSCC2)cc1. The minimum atomic E-state index is 0.701. The summed E-state index contributed by atoms with van der Waals surface area (Å²) in [5.74, 6) is 2.41. The van der Waals surface area contributed by atoms with Crippen molar-refractivity contribution in [1.29, 1.82) is 0 Å². The molecule has 1 N–H and O–H groups in total. The molecular formula is C11H14N2OS. The highest BCUT2D eigenvalue weighted by molar-refractivity contribution is 7.99. The smallest absolute Gasteiger partial charge is 0.211 e. The number of carbonyl (C=O) groups is 1. The van der Waals surface area contributed by atoms with Gasteiger partial charge in [-0.1, -0.05) is 0 Å². The molecule has 80 valence electrons. The van der Waals surface area contributed by atoms with Crippen LogP contribution in [0.15, 0.2) is 24.3 Å². The lowest BCUT2D eigenvalue weighted by molar-refractivity contribution is -0.105. The van der Waals surface area contributed by atoms with Crippen molar-refractivity contribution in [2.24, 2.45) is 0 Å². The normalized spacial score (nSPS) is 16.1. The predicted octanol–water partition coefficient (Wildman–Crippen LogP) is 1.81. The molecule has 0 atom stereocenters. The van der Waals surface area contributed by atoms with Crippen molar-refractivity contribution in [2.45, 2.75) is 0 Å². The standard InChI is InChI=1S/C11H14N2OS/c14-9-12-10-1-3-11(4-2-10)13-5-7-15-8-6-13/h1-4,9H,5-8H2,(H,12,14). The second-order valence-corrected chi connectivity index (χ2v) is 4.63. The molecule has 0 radical (unpaired) electrons. The van der Waals surface area contributed by atoms with Crippen LogP contribution in [0.3, 0.4) is 0 Å². The Hall–Kier alpha value is -1.16. The first-order valence-corrected chi connectivity index (χ1v) is 6.18. The van der Waals surface area contributed by atoms with E-state index in [1.165, 1.54) is 17.2 Å². The molecule has 0 unspecified atom stereocenters. The number of amides is 1. The summed E-state index contributed by atoms with van der Waals surface area (Å²) in [6.07, 6.45) is 0.701. The van der Waals surface area contributed by atoms with Crippen LogP contribution in [0.2, 0.25) is 0 Å². The van der Waals surface area contributed by atoms with E-state index in [4.69, 9.17) is 0 Å². The molecule has 1 aliphatic rings. The molecule has 2 rings (SSSR count). The van der Waals surface area contributed by atoms with Crippen molar-refractivity contribution < 1.29 is 4.79 Å². The Morgan fingerprint density at radius 3 is 2.47 bits per heavy atom. The summed E-state index contributed by atoms with van der Waals surface area (Å²) < 4.78 is 0.